The number of urea groups is 1. The molecule has 2 N–H and O–H groups in total. The standard InChI is InChI=1S/C23H28N4O5/c1-26-9-11-27(12-10-26)22(28)7-8-24-23(29)25-18-4-2-3-17(13-18)15-30-19-5-6-20-21(14-19)32-16-31-20/h2-6,13-14H,7-12,15-16H2,1H3,(H2,24,25,29). The van der Waals surface area contributed by atoms with Crippen LogP contribution in [0.2, 0.25) is 0 Å². The number of amides is 3. The molecule has 170 valence electrons. The lowest BCUT2D eigenvalue weighted by molar-refractivity contribution is -0.132. The third-order valence-corrected chi connectivity index (χ3v) is 5.41. The SMILES string of the molecule is CN1CCN(C(=O)CCNC(=O)Nc2cccc(COc3ccc4c(c3)OCO4)c2)CC1. The lowest BCUT2D eigenvalue weighted by Gasteiger charge is -2.32. The van der Waals surface area contributed by atoms with Crippen molar-refractivity contribution in [1.29, 1.82) is 0 Å². The van der Waals surface area contributed by atoms with E-state index in [1.165, 1.54) is 0 Å². The predicted molar refractivity (Wildman–Crippen MR) is 119 cm³/mol. The molecule has 9 nitrogen and oxygen atoms in total. The smallest absolute Gasteiger partial charge is 0.319 e. The predicted octanol–water partition coefficient (Wildman–Crippen LogP) is 2.28. The minimum Gasteiger partial charge on any atom is -0.489 e. The molecule has 0 aliphatic carbocycles. The molecule has 4 rings (SSSR count). The number of fused-ring (bicyclic) bond motifs is 1. The van der Waals surface area contributed by atoms with E-state index in [4.69, 9.17) is 14.2 Å². The molecule has 32 heavy (non-hydrogen) atoms. The molecule has 1 fully saturated rings. The van der Waals surface area contributed by atoms with Crippen molar-refractivity contribution in [2.45, 2.75) is 13.0 Å². The first-order valence-electron chi connectivity index (χ1n) is 10.7. The van der Waals surface area contributed by atoms with Crippen LogP contribution < -0.4 is 24.8 Å². The summed E-state index contributed by atoms with van der Waals surface area (Å²) in [5.41, 5.74) is 1.56. The van der Waals surface area contributed by atoms with Gasteiger partial charge in [0.15, 0.2) is 11.5 Å². The van der Waals surface area contributed by atoms with Crippen molar-refractivity contribution in [3.05, 3.63) is 48.0 Å². The average Bonchev–Trinajstić information content (AvgIpc) is 3.26. The van der Waals surface area contributed by atoms with E-state index in [1.807, 2.05) is 42.3 Å². The van der Waals surface area contributed by atoms with Gasteiger partial charge >= 0.3 is 6.03 Å². The fourth-order valence-corrected chi connectivity index (χ4v) is 3.54. The van der Waals surface area contributed by atoms with Crippen LogP contribution in [-0.4, -0.2) is 68.3 Å². The Morgan fingerprint density at radius 1 is 1.03 bits per heavy atom. The molecule has 2 aliphatic rings. The second-order valence-corrected chi connectivity index (χ2v) is 7.82. The van der Waals surface area contributed by atoms with E-state index in [1.54, 1.807) is 12.1 Å². The molecule has 2 heterocycles. The van der Waals surface area contributed by atoms with E-state index in [0.29, 0.717) is 42.5 Å². The van der Waals surface area contributed by atoms with Crippen LogP contribution in [0, 0.1) is 0 Å². The third-order valence-electron chi connectivity index (χ3n) is 5.41. The Hall–Kier alpha value is -3.46. The number of nitrogens with zero attached hydrogens (tertiary/aromatic N) is 2. The number of hydrogen-bond donors (Lipinski definition) is 2. The largest absolute Gasteiger partial charge is 0.489 e. The maximum Gasteiger partial charge on any atom is 0.319 e. The Labute approximate surface area is 187 Å². The van der Waals surface area contributed by atoms with Crippen molar-refractivity contribution in [1.82, 2.24) is 15.1 Å². The van der Waals surface area contributed by atoms with Gasteiger partial charge in [0.05, 0.1) is 0 Å². The van der Waals surface area contributed by atoms with Crippen LogP contribution in [0.15, 0.2) is 42.5 Å². The van der Waals surface area contributed by atoms with Crippen molar-refractivity contribution in [2.75, 3.05) is 51.9 Å². The van der Waals surface area contributed by atoms with Crippen LogP contribution in [-0.2, 0) is 11.4 Å². The lowest BCUT2D eigenvalue weighted by Crippen LogP contribution is -2.47. The molecule has 0 saturated carbocycles. The Bertz CT molecular complexity index is 959. The fraction of sp³-hybridized carbons (Fsp3) is 0.391. The highest BCUT2D eigenvalue weighted by atomic mass is 16.7. The summed E-state index contributed by atoms with van der Waals surface area (Å²) in [6.45, 7) is 4.10. The topological polar surface area (TPSA) is 92.4 Å². The lowest BCUT2D eigenvalue weighted by atomic mass is 10.2. The molecule has 9 heteroatoms. The minimum absolute atomic E-state index is 0.0704. The Balaban J connectivity index is 1.20. The second-order valence-electron chi connectivity index (χ2n) is 7.82. The molecular weight excluding hydrogens is 412 g/mol. The first-order chi connectivity index (χ1) is 15.6. The summed E-state index contributed by atoms with van der Waals surface area (Å²) in [5.74, 6) is 2.12. The molecule has 0 radical (unpaired) electrons. The normalized spacial score (nSPS) is 15.3. The van der Waals surface area contributed by atoms with Gasteiger partial charge in [-0.15, -0.1) is 0 Å². The minimum atomic E-state index is -0.343. The van der Waals surface area contributed by atoms with Crippen molar-refractivity contribution in [3.63, 3.8) is 0 Å². The molecule has 2 aromatic rings. The number of rotatable bonds is 7. The van der Waals surface area contributed by atoms with Crippen LogP contribution in [0.4, 0.5) is 10.5 Å². The van der Waals surface area contributed by atoms with Crippen molar-refractivity contribution in [2.24, 2.45) is 0 Å². The van der Waals surface area contributed by atoms with Crippen LogP contribution >= 0.6 is 0 Å². The van der Waals surface area contributed by atoms with E-state index in [-0.39, 0.29) is 18.7 Å². The van der Waals surface area contributed by atoms with E-state index in [2.05, 4.69) is 15.5 Å². The van der Waals surface area contributed by atoms with Crippen LogP contribution in [0.1, 0.15) is 12.0 Å². The molecule has 2 aromatic carbocycles. The monoisotopic (exact) mass is 440 g/mol. The number of ether oxygens (including phenoxy) is 3. The number of likely N-dealkylation sites (N-methyl/N-ethyl adjacent to an activating group) is 1. The van der Waals surface area contributed by atoms with E-state index in [9.17, 15) is 9.59 Å². The maximum atomic E-state index is 12.2. The van der Waals surface area contributed by atoms with Gasteiger partial charge in [-0.25, -0.2) is 4.79 Å². The van der Waals surface area contributed by atoms with Gasteiger partial charge in [-0.05, 0) is 36.9 Å². The summed E-state index contributed by atoms with van der Waals surface area (Å²) in [7, 11) is 2.05. The number of hydrogen-bond acceptors (Lipinski definition) is 6. The quantitative estimate of drug-likeness (QED) is 0.686. The average molecular weight is 441 g/mol. The molecule has 0 spiro atoms. The summed E-state index contributed by atoms with van der Waals surface area (Å²) in [5, 5.41) is 5.55. The summed E-state index contributed by atoms with van der Waals surface area (Å²) >= 11 is 0. The van der Waals surface area contributed by atoms with E-state index in [0.717, 1.165) is 31.7 Å². The summed E-state index contributed by atoms with van der Waals surface area (Å²) < 4.78 is 16.5. The van der Waals surface area contributed by atoms with Gasteiger partial charge in [0.1, 0.15) is 12.4 Å². The summed E-state index contributed by atoms with van der Waals surface area (Å²) in [4.78, 5) is 28.5. The zero-order valence-corrected chi connectivity index (χ0v) is 18.1. The second kappa shape index (κ2) is 10.2. The third kappa shape index (κ3) is 5.82. The Kier molecular flexibility index (Phi) is 6.96. The molecule has 0 bridgehead atoms. The Morgan fingerprint density at radius 2 is 1.84 bits per heavy atom. The number of nitrogens with one attached hydrogen (secondary N) is 2. The zero-order chi connectivity index (χ0) is 22.3. The van der Waals surface area contributed by atoms with E-state index >= 15 is 0 Å². The van der Waals surface area contributed by atoms with Gasteiger partial charge in [-0.1, -0.05) is 12.1 Å². The number of piperazine rings is 1. The van der Waals surface area contributed by atoms with Crippen molar-refractivity contribution in [3.8, 4) is 17.2 Å². The van der Waals surface area contributed by atoms with Crippen LogP contribution in [0.25, 0.3) is 0 Å². The van der Waals surface area contributed by atoms with Crippen molar-refractivity contribution < 1.29 is 23.8 Å². The number of carbonyl (C=O) groups is 2. The number of anilines is 1. The van der Waals surface area contributed by atoms with Gasteiger partial charge < -0.3 is 34.6 Å². The molecule has 3 amide bonds. The highest BCUT2D eigenvalue weighted by Crippen LogP contribution is 2.35. The highest BCUT2D eigenvalue weighted by molar-refractivity contribution is 5.89. The van der Waals surface area contributed by atoms with Crippen LogP contribution in [0.3, 0.4) is 0 Å². The first kappa shape index (κ1) is 21.8. The van der Waals surface area contributed by atoms with Gasteiger partial charge in [-0.2, -0.15) is 0 Å². The van der Waals surface area contributed by atoms with Gasteiger partial charge in [0.25, 0.3) is 0 Å². The van der Waals surface area contributed by atoms with Gasteiger partial charge in [0.2, 0.25) is 12.7 Å². The highest BCUT2D eigenvalue weighted by Gasteiger charge is 2.18. The number of benzene rings is 2. The summed E-state index contributed by atoms with van der Waals surface area (Å²) in [6, 6.07) is 12.5. The molecule has 0 unspecified atom stereocenters. The first-order valence-corrected chi connectivity index (χ1v) is 10.7. The molecular formula is C23H28N4O5. The molecule has 0 atom stereocenters. The van der Waals surface area contributed by atoms with Gasteiger partial charge in [0, 0.05) is 50.9 Å². The molecule has 2 aliphatic heterocycles. The zero-order valence-electron chi connectivity index (χ0n) is 18.1. The van der Waals surface area contributed by atoms with E-state index < -0.39 is 0 Å². The molecule has 0 aromatic heterocycles. The van der Waals surface area contributed by atoms with Crippen LogP contribution in [0.5, 0.6) is 17.2 Å². The summed E-state index contributed by atoms with van der Waals surface area (Å²) in [6.07, 6.45) is 0.292. The fourth-order valence-electron chi connectivity index (χ4n) is 3.54. The van der Waals surface area contributed by atoms with Crippen molar-refractivity contribution >= 4 is 17.6 Å². The van der Waals surface area contributed by atoms with Gasteiger partial charge in [-0.3, -0.25) is 4.79 Å². The molecule has 1 saturated heterocycles. The number of carbonyl (C=O) groups excluding carboxylic acids is 2. The Morgan fingerprint density at radius 3 is 2.69 bits per heavy atom. The maximum absolute atomic E-state index is 12.2.